The summed E-state index contributed by atoms with van der Waals surface area (Å²) in [6, 6.07) is 0. The number of amides is 1. The third kappa shape index (κ3) is 1.94. The van der Waals surface area contributed by atoms with Gasteiger partial charge in [-0.05, 0) is 18.2 Å². The van der Waals surface area contributed by atoms with Crippen LogP contribution < -0.4 is 10.8 Å². The van der Waals surface area contributed by atoms with Gasteiger partial charge < -0.3 is 5.32 Å². The second-order valence-corrected chi connectivity index (χ2v) is 1.92. The van der Waals surface area contributed by atoms with Crippen LogP contribution in [0.1, 0.15) is 0 Å². The quantitative estimate of drug-likeness (QED) is 0.367. The zero-order valence-corrected chi connectivity index (χ0v) is 5.74. The van der Waals surface area contributed by atoms with Gasteiger partial charge in [0, 0.05) is 18.0 Å². The Kier molecular flexibility index (Phi) is 2.46. The first-order chi connectivity index (χ1) is 5.34. The molecule has 4 heteroatoms. The van der Waals surface area contributed by atoms with E-state index in [9.17, 15) is 4.79 Å². The van der Waals surface area contributed by atoms with Crippen molar-refractivity contribution < 1.29 is 10.0 Å². The van der Waals surface area contributed by atoms with E-state index >= 15 is 0 Å². The average molecular weight is 152 g/mol. The van der Waals surface area contributed by atoms with E-state index in [0.29, 0.717) is 5.57 Å². The van der Waals surface area contributed by atoms with Gasteiger partial charge in [-0.3, -0.25) is 10.0 Å². The fourth-order valence-corrected chi connectivity index (χ4v) is 0.672. The van der Waals surface area contributed by atoms with Gasteiger partial charge >= 0.3 is 0 Å². The zero-order valence-electron chi connectivity index (χ0n) is 5.74. The lowest BCUT2D eigenvalue weighted by molar-refractivity contribution is -0.124. The maximum Gasteiger partial charge on any atom is 0.274 e. The summed E-state index contributed by atoms with van der Waals surface area (Å²) in [6.07, 6.45) is 8.09. The number of hydrogen-bond donors (Lipinski definition) is 3. The highest BCUT2D eigenvalue weighted by atomic mass is 16.5. The molecule has 1 amide bonds. The second-order valence-electron chi connectivity index (χ2n) is 1.92. The number of rotatable bonds is 1. The third-order valence-corrected chi connectivity index (χ3v) is 1.19. The Hall–Kier alpha value is -1.55. The molecule has 1 heterocycles. The summed E-state index contributed by atoms with van der Waals surface area (Å²) in [5.74, 6) is -0.519. The topological polar surface area (TPSA) is 61.4 Å². The van der Waals surface area contributed by atoms with Crippen molar-refractivity contribution in [1.82, 2.24) is 10.8 Å². The minimum atomic E-state index is -0.519. The van der Waals surface area contributed by atoms with Gasteiger partial charge in [0.05, 0.1) is 0 Å². The van der Waals surface area contributed by atoms with Gasteiger partial charge in [0.1, 0.15) is 0 Å². The number of hydroxylamine groups is 1. The van der Waals surface area contributed by atoms with Gasteiger partial charge in [-0.2, -0.15) is 0 Å². The molecule has 0 aromatic carbocycles. The number of allylic oxidation sites excluding steroid dienone is 2. The van der Waals surface area contributed by atoms with Crippen LogP contribution in [0.15, 0.2) is 36.2 Å². The minimum Gasteiger partial charge on any atom is -0.368 e. The Labute approximate surface area is 63.9 Å². The van der Waals surface area contributed by atoms with Crippen LogP contribution in [0.5, 0.6) is 0 Å². The molecule has 0 aromatic rings. The van der Waals surface area contributed by atoms with E-state index in [2.05, 4.69) is 5.32 Å². The number of carbonyl (C=O) groups is 1. The van der Waals surface area contributed by atoms with Gasteiger partial charge in [-0.15, -0.1) is 0 Å². The van der Waals surface area contributed by atoms with Crippen LogP contribution in [0.25, 0.3) is 0 Å². The summed E-state index contributed by atoms with van der Waals surface area (Å²) in [5, 5.41) is 11.0. The highest BCUT2D eigenvalue weighted by Gasteiger charge is 2.02. The Bertz CT molecular complexity index is 241. The van der Waals surface area contributed by atoms with Crippen LogP contribution in [-0.4, -0.2) is 11.1 Å². The molecule has 1 rings (SSSR count). The first-order valence-corrected chi connectivity index (χ1v) is 3.08. The molecule has 58 valence electrons. The van der Waals surface area contributed by atoms with E-state index in [-0.39, 0.29) is 0 Å². The molecule has 0 spiro atoms. The maximum atomic E-state index is 10.8. The average Bonchev–Trinajstić information content (AvgIpc) is 2.30. The van der Waals surface area contributed by atoms with Crippen LogP contribution in [0.4, 0.5) is 0 Å². The summed E-state index contributed by atoms with van der Waals surface area (Å²) in [6.45, 7) is 0. The van der Waals surface area contributed by atoms with Gasteiger partial charge in [0.15, 0.2) is 0 Å². The molecule has 4 nitrogen and oxygen atoms in total. The Morgan fingerprint density at radius 1 is 1.55 bits per heavy atom. The fourth-order valence-electron chi connectivity index (χ4n) is 0.672. The van der Waals surface area contributed by atoms with Gasteiger partial charge in [-0.25, -0.2) is 5.48 Å². The molecule has 11 heavy (non-hydrogen) atoms. The Morgan fingerprint density at radius 2 is 2.36 bits per heavy atom. The standard InChI is InChI=1S/C7H8N2O2/c10-7(9-11)6-2-1-4-8-5-3-6/h1-5,8,11H,(H,9,10). The molecule has 0 unspecified atom stereocenters. The van der Waals surface area contributed by atoms with E-state index in [0.717, 1.165) is 0 Å². The molecule has 0 bridgehead atoms. The summed E-state index contributed by atoms with van der Waals surface area (Å²) >= 11 is 0. The molecular weight excluding hydrogens is 144 g/mol. The van der Waals surface area contributed by atoms with Crippen LogP contribution in [-0.2, 0) is 4.79 Å². The highest BCUT2D eigenvalue weighted by Crippen LogP contribution is 1.98. The zero-order chi connectivity index (χ0) is 8.10. The van der Waals surface area contributed by atoms with Crippen molar-refractivity contribution in [1.29, 1.82) is 0 Å². The lowest BCUT2D eigenvalue weighted by Gasteiger charge is -1.95. The largest absolute Gasteiger partial charge is 0.368 e. The molecule has 0 aliphatic carbocycles. The van der Waals surface area contributed by atoms with E-state index in [1.54, 1.807) is 36.1 Å². The molecule has 3 N–H and O–H groups in total. The van der Waals surface area contributed by atoms with E-state index < -0.39 is 5.91 Å². The molecule has 0 atom stereocenters. The van der Waals surface area contributed by atoms with E-state index in [1.807, 2.05) is 0 Å². The fraction of sp³-hybridized carbons (Fsp3) is 0. The molecule has 0 saturated heterocycles. The first-order valence-electron chi connectivity index (χ1n) is 3.08. The summed E-state index contributed by atoms with van der Waals surface area (Å²) in [7, 11) is 0. The minimum absolute atomic E-state index is 0.397. The van der Waals surface area contributed by atoms with Crippen LogP contribution in [0.3, 0.4) is 0 Å². The van der Waals surface area contributed by atoms with Crippen LogP contribution >= 0.6 is 0 Å². The van der Waals surface area contributed by atoms with Crippen molar-refractivity contribution in [3.05, 3.63) is 36.2 Å². The molecule has 1 aliphatic rings. The predicted octanol–water partition coefficient (Wildman–Crippen LogP) is 0.0488. The van der Waals surface area contributed by atoms with Gasteiger partial charge in [-0.1, -0.05) is 0 Å². The summed E-state index contributed by atoms with van der Waals surface area (Å²) in [4.78, 5) is 10.8. The molecule has 0 radical (unpaired) electrons. The van der Waals surface area contributed by atoms with Gasteiger partial charge in [0.25, 0.3) is 5.91 Å². The van der Waals surface area contributed by atoms with Crippen LogP contribution in [0.2, 0.25) is 0 Å². The monoisotopic (exact) mass is 152 g/mol. The lowest BCUT2D eigenvalue weighted by atomic mass is 10.2. The van der Waals surface area contributed by atoms with Crippen molar-refractivity contribution in [2.24, 2.45) is 0 Å². The van der Waals surface area contributed by atoms with E-state index in [1.165, 1.54) is 0 Å². The second kappa shape index (κ2) is 3.58. The molecule has 1 aliphatic heterocycles. The third-order valence-electron chi connectivity index (χ3n) is 1.19. The Balaban J connectivity index is 2.77. The lowest BCUT2D eigenvalue weighted by Crippen LogP contribution is -2.19. The molecular formula is C7H8N2O2. The van der Waals surface area contributed by atoms with E-state index in [4.69, 9.17) is 5.21 Å². The normalized spacial score (nSPS) is 14.8. The van der Waals surface area contributed by atoms with Crippen LogP contribution in [0, 0.1) is 0 Å². The number of carbonyl (C=O) groups excluding carboxylic acids is 1. The van der Waals surface area contributed by atoms with Crippen molar-refractivity contribution in [3.8, 4) is 0 Å². The highest BCUT2D eigenvalue weighted by molar-refractivity contribution is 5.95. The Morgan fingerprint density at radius 3 is 3.09 bits per heavy atom. The SMILES string of the molecule is O=C(NO)C1=CC=CNC=C1. The first kappa shape index (κ1) is 7.56. The van der Waals surface area contributed by atoms with Crippen molar-refractivity contribution in [3.63, 3.8) is 0 Å². The van der Waals surface area contributed by atoms with Crippen molar-refractivity contribution >= 4 is 5.91 Å². The van der Waals surface area contributed by atoms with Crippen molar-refractivity contribution in [2.75, 3.05) is 0 Å². The smallest absolute Gasteiger partial charge is 0.274 e. The summed E-state index contributed by atoms with van der Waals surface area (Å²) < 4.78 is 0. The summed E-state index contributed by atoms with van der Waals surface area (Å²) in [5.41, 5.74) is 1.94. The number of nitrogens with one attached hydrogen (secondary N) is 2. The molecule has 0 aromatic heterocycles. The maximum absolute atomic E-state index is 10.8. The molecule has 0 saturated carbocycles. The van der Waals surface area contributed by atoms with Gasteiger partial charge in [0.2, 0.25) is 0 Å². The number of hydrogen-bond acceptors (Lipinski definition) is 3. The van der Waals surface area contributed by atoms with Crippen molar-refractivity contribution in [2.45, 2.75) is 0 Å². The predicted molar refractivity (Wildman–Crippen MR) is 39.4 cm³/mol. The molecule has 0 fully saturated rings.